The molecule has 0 aromatic rings. The summed E-state index contributed by atoms with van der Waals surface area (Å²) in [6, 6.07) is -0.342. The minimum Gasteiger partial charge on any atom is -0.444 e. The van der Waals surface area contributed by atoms with Gasteiger partial charge >= 0.3 is 12.3 Å². The van der Waals surface area contributed by atoms with E-state index in [0.717, 1.165) is 0 Å². The molecule has 10 heteroatoms. The number of hydrogen-bond donors (Lipinski definition) is 1. The second-order valence-electron chi connectivity index (χ2n) is 7.69. The Hall–Kier alpha value is -1.03. The molecule has 1 amide bonds. The summed E-state index contributed by atoms with van der Waals surface area (Å²) < 4.78 is 65.2. The van der Waals surface area contributed by atoms with Crippen LogP contribution in [-0.2, 0) is 14.6 Å². The maximum Gasteiger partial charge on any atom is 0.410 e. The molecule has 0 bridgehead atoms. The van der Waals surface area contributed by atoms with E-state index in [0.29, 0.717) is 12.8 Å². The lowest BCUT2D eigenvalue weighted by Crippen LogP contribution is -2.40. The predicted molar refractivity (Wildman–Crippen MR) is 90.5 cm³/mol. The molecule has 1 heterocycles. The third-order valence-electron chi connectivity index (χ3n) is 3.93. The third kappa shape index (κ3) is 9.07. The molecule has 1 saturated heterocycles. The first kappa shape index (κ1) is 23.0. The van der Waals surface area contributed by atoms with Gasteiger partial charge in [0, 0.05) is 12.5 Å². The molecule has 1 rings (SSSR count). The fourth-order valence-corrected chi connectivity index (χ4v) is 4.24. The van der Waals surface area contributed by atoms with Crippen LogP contribution in [0.3, 0.4) is 0 Å². The second-order valence-corrected chi connectivity index (χ2v) is 9.99. The zero-order valence-corrected chi connectivity index (χ0v) is 16.2. The Kier molecular flexibility index (Phi) is 7.76. The van der Waals surface area contributed by atoms with E-state index in [-0.39, 0.29) is 24.8 Å². The van der Waals surface area contributed by atoms with Crippen LogP contribution >= 0.6 is 0 Å². The molecule has 0 aromatic heterocycles. The number of hydrogen-bond acceptors (Lipinski definition) is 5. The minimum absolute atomic E-state index is 0.123. The van der Waals surface area contributed by atoms with Crippen LogP contribution in [0.25, 0.3) is 0 Å². The molecule has 0 spiro atoms. The van der Waals surface area contributed by atoms with Crippen molar-refractivity contribution >= 4 is 15.9 Å². The van der Waals surface area contributed by atoms with Crippen molar-refractivity contribution < 1.29 is 36.2 Å². The number of aliphatic hydroxyl groups excluding tert-OH is 1. The summed E-state index contributed by atoms with van der Waals surface area (Å²) >= 11 is 0. The average Bonchev–Trinajstić information content (AvgIpc) is 2.76. The van der Waals surface area contributed by atoms with Crippen LogP contribution in [-0.4, -0.2) is 66.5 Å². The number of rotatable bonds is 7. The quantitative estimate of drug-likeness (QED) is 0.707. The van der Waals surface area contributed by atoms with Gasteiger partial charge in [-0.15, -0.1) is 0 Å². The van der Waals surface area contributed by atoms with Crippen molar-refractivity contribution in [3.05, 3.63) is 0 Å². The number of ether oxygens (including phenoxy) is 1. The summed E-state index contributed by atoms with van der Waals surface area (Å²) in [5.74, 6) is -0.741. The van der Waals surface area contributed by atoms with Crippen LogP contribution in [0.2, 0.25) is 0 Å². The van der Waals surface area contributed by atoms with Gasteiger partial charge in [-0.25, -0.2) is 13.2 Å². The second kappa shape index (κ2) is 8.77. The van der Waals surface area contributed by atoms with E-state index in [1.165, 1.54) is 4.90 Å². The monoisotopic (exact) mass is 403 g/mol. The number of likely N-dealkylation sites (tertiary alicyclic amines) is 1. The first-order valence-electron chi connectivity index (χ1n) is 8.63. The molecular formula is C16H28F3NO5S. The third-order valence-corrected chi connectivity index (χ3v) is 5.75. The van der Waals surface area contributed by atoms with E-state index in [2.05, 4.69) is 0 Å². The van der Waals surface area contributed by atoms with Gasteiger partial charge in [-0.05, 0) is 46.5 Å². The van der Waals surface area contributed by atoms with Gasteiger partial charge in [0.15, 0.2) is 0 Å². The number of carbonyl (C=O) groups excluding carboxylic acids is 1. The minimum atomic E-state index is -4.36. The summed E-state index contributed by atoms with van der Waals surface area (Å²) in [7, 11) is -3.57. The van der Waals surface area contributed by atoms with Gasteiger partial charge in [0.05, 0.1) is 24.2 Å². The van der Waals surface area contributed by atoms with Crippen LogP contribution in [0.4, 0.5) is 18.0 Å². The molecule has 1 N–H and O–H groups in total. The van der Waals surface area contributed by atoms with Gasteiger partial charge in [-0.3, -0.25) is 0 Å². The summed E-state index contributed by atoms with van der Waals surface area (Å²) in [5, 5.41) is 9.79. The smallest absolute Gasteiger partial charge is 0.410 e. The highest BCUT2D eigenvalue weighted by Gasteiger charge is 2.36. The van der Waals surface area contributed by atoms with E-state index < -0.39 is 52.4 Å². The number of aliphatic hydroxyl groups is 1. The van der Waals surface area contributed by atoms with Gasteiger partial charge in [0.2, 0.25) is 0 Å². The first-order chi connectivity index (χ1) is 11.7. The summed E-state index contributed by atoms with van der Waals surface area (Å²) in [5.41, 5.74) is -0.684. The van der Waals surface area contributed by atoms with E-state index in [9.17, 15) is 31.5 Å². The van der Waals surface area contributed by atoms with E-state index in [4.69, 9.17) is 4.74 Å². The molecule has 2 atom stereocenters. The number of halogens is 3. The number of alkyl halides is 3. The van der Waals surface area contributed by atoms with Gasteiger partial charge < -0.3 is 14.7 Å². The van der Waals surface area contributed by atoms with E-state index in [1.807, 2.05) is 0 Å². The molecule has 6 nitrogen and oxygen atoms in total. The first-order valence-corrected chi connectivity index (χ1v) is 10.5. The lowest BCUT2D eigenvalue weighted by Gasteiger charge is -2.28. The standard InChI is InChI=1S/C16H28F3NO5S/c1-15(2,3)25-14(22)20-11-13(21)10-12(20)6-4-8-26(23,24)9-5-7-16(17,18)19/h12-13,21H,4-11H2,1-3H3/t12-,13-/m1/s1. The van der Waals surface area contributed by atoms with Gasteiger partial charge in [0.25, 0.3) is 0 Å². The highest BCUT2D eigenvalue weighted by atomic mass is 32.2. The van der Waals surface area contributed by atoms with Gasteiger partial charge in [0.1, 0.15) is 15.4 Å². The number of nitrogens with zero attached hydrogens (tertiary/aromatic N) is 1. The zero-order chi connectivity index (χ0) is 20.2. The van der Waals surface area contributed by atoms with Crippen molar-refractivity contribution in [1.29, 1.82) is 0 Å². The summed E-state index contributed by atoms with van der Waals surface area (Å²) in [6.45, 7) is 5.29. The fraction of sp³-hybridized carbons (Fsp3) is 0.938. The number of amides is 1. The Labute approximate surface area is 152 Å². The molecule has 0 aliphatic carbocycles. The summed E-state index contributed by atoms with van der Waals surface area (Å²) in [4.78, 5) is 13.6. The molecule has 0 saturated carbocycles. The molecule has 1 aliphatic rings. The molecule has 1 aliphatic heterocycles. The van der Waals surface area contributed by atoms with Crippen molar-refractivity contribution in [2.75, 3.05) is 18.1 Å². The van der Waals surface area contributed by atoms with Gasteiger partial charge in [-0.2, -0.15) is 13.2 Å². The summed E-state index contributed by atoms with van der Waals surface area (Å²) in [6.07, 6.45) is -6.30. The molecular weight excluding hydrogens is 375 g/mol. The molecule has 0 radical (unpaired) electrons. The van der Waals surface area contributed by atoms with Crippen LogP contribution in [0.15, 0.2) is 0 Å². The molecule has 154 valence electrons. The molecule has 1 fully saturated rings. The van der Waals surface area contributed by atoms with Gasteiger partial charge in [-0.1, -0.05) is 0 Å². The van der Waals surface area contributed by atoms with E-state index >= 15 is 0 Å². The highest BCUT2D eigenvalue weighted by molar-refractivity contribution is 7.91. The van der Waals surface area contributed by atoms with Crippen LogP contribution in [0.5, 0.6) is 0 Å². The van der Waals surface area contributed by atoms with Crippen molar-refractivity contribution in [3.8, 4) is 0 Å². The average molecular weight is 403 g/mol. The molecule has 26 heavy (non-hydrogen) atoms. The van der Waals surface area contributed by atoms with Crippen molar-refractivity contribution in [2.45, 2.75) is 76.8 Å². The highest BCUT2D eigenvalue weighted by Crippen LogP contribution is 2.25. The Balaban J connectivity index is 2.48. The largest absolute Gasteiger partial charge is 0.444 e. The fourth-order valence-electron chi connectivity index (χ4n) is 2.84. The Bertz CT molecular complexity index is 571. The lowest BCUT2D eigenvalue weighted by atomic mass is 10.1. The predicted octanol–water partition coefficient (Wildman–Crippen LogP) is 2.89. The van der Waals surface area contributed by atoms with Crippen LogP contribution in [0.1, 0.15) is 52.9 Å². The van der Waals surface area contributed by atoms with Crippen molar-refractivity contribution in [1.82, 2.24) is 4.90 Å². The number of sulfone groups is 1. The number of carbonyl (C=O) groups is 1. The van der Waals surface area contributed by atoms with Crippen molar-refractivity contribution in [2.24, 2.45) is 0 Å². The maximum absolute atomic E-state index is 12.2. The Morgan fingerprint density at radius 1 is 1.19 bits per heavy atom. The van der Waals surface area contributed by atoms with Crippen molar-refractivity contribution in [3.63, 3.8) is 0 Å². The Morgan fingerprint density at radius 2 is 1.77 bits per heavy atom. The Morgan fingerprint density at radius 3 is 2.31 bits per heavy atom. The SMILES string of the molecule is CC(C)(C)OC(=O)N1C[C@H](O)C[C@H]1CCCS(=O)(=O)CCCC(F)(F)F. The molecule has 0 aromatic carbocycles. The lowest BCUT2D eigenvalue weighted by molar-refractivity contribution is -0.134. The van der Waals surface area contributed by atoms with Crippen LogP contribution in [0, 0.1) is 0 Å². The molecule has 0 unspecified atom stereocenters. The number of β-amino-alcohol motifs (C(OH)–C–C–N with tert-alkyl or cyclic N) is 1. The van der Waals surface area contributed by atoms with Crippen LogP contribution < -0.4 is 0 Å². The normalized spacial score (nSPS) is 21.9. The zero-order valence-electron chi connectivity index (χ0n) is 15.4. The topological polar surface area (TPSA) is 83.9 Å². The maximum atomic E-state index is 12.2. The van der Waals surface area contributed by atoms with E-state index in [1.54, 1.807) is 20.8 Å².